The third-order valence-corrected chi connectivity index (χ3v) is 11.0. The summed E-state index contributed by atoms with van der Waals surface area (Å²) in [4.78, 5) is 35.9. The van der Waals surface area contributed by atoms with Crippen molar-refractivity contribution in [3.8, 4) is 28.4 Å². The number of pyridine rings is 1. The van der Waals surface area contributed by atoms with Gasteiger partial charge in [0.25, 0.3) is 5.91 Å². The van der Waals surface area contributed by atoms with Crippen LogP contribution in [0.2, 0.25) is 0 Å². The SMILES string of the molecule is COc1cc(C(=O)N2CC3CCC2[C@@H]3N)cc2nc(-c3cc4ccc(-c5ccc6[nH]c(=O)cc(C)c6c5)cc4n3CC3CC3)n(C)c12. The fourth-order valence-electron chi connectivity index (χ4n) is 8.24. The number of nitrogens with two attached hydrogens (primary N) is 1. The number of aromatic amines is 1. The average Bonchev–Trinajstić information content (AvgIpc) is 3.47. The molecule has 3 N–H and O–H groups in total. The molecule has 3 atom stereocenters. The molecule has 3 aromatic carbocycles. The molecule has 0 spiro atoms. The Morgan fingerprint density at radius 1 is 1.02 bits per heavy atom. The number of fused-ring (bicyclic) bond motifs is 5. The van der Waals surface area contributed by atoms with Crippen molar-refractivity contribution >= 4 is 38.7 Å². The van der Waals surface area contributed by atoms with Crippen LogP contribution in [0.1, 0.15) is 41.6 Å². The van der Waals surface area contributed by atoms with Gasteiger partial charge in [-0.1, -0.05) is 18.2 Å². The standard InChI is InChI=1S/C38H38N6O3/c1-20-12-34(45)40-28-10-8-22(13-27(20)28)23-6-7-24-16-32(43(31(24)15-23)18-21-4-5-21)37-41-29-14-26(17-33(47-3)36(29)42(37)2)38(46)44-19-25-9-11-30(44)35(25)39/h6-8,10,12-17,21,25,30,35H,4-5,9,11,18-19,39H2,1-3H3,(H,40,45)/t25?,30?,35-/m1/s1. The Labute approximate surface area is 271 Å². The van der Waals surface area contributed by atoms with Crippen molar-refractivity contribution in [3.63, 3.8) is 0 Å². The van der Waals surface area contributed by atoms with Gasteiger partial charge in [-0.2, -0.15) is 0 Å². The lowest BCUT2D eigenvalue weighted by atomic mass is 10.0. The number of methoxy groups -OCH3 is 1. The number of hydrogen-bond acceptors (Lipinski definition) is 5. The highest BCUT2D eigenvalue weighted by Crippen LogP contribution is 2.41. The van der Waals surface area contributed by atoms with E-state index in [2.05, 4.69) is 50.5 Å². The number of carbonyl (C=O) groups excluding carboxylic acids is 1. The summed E-state index contributed by atoms with van der Waals surface area (Å²) in [5.74, 6) is 2.52. The molecule has 2 unspecified atom stereocenters. The van der Waals surface area contributed by atoms with Gasteiger partial charge < -0.3 is 29.5 Å². The number of carbonyl (C=O) groups is 1. The minimum atomic E-state index is -0.0832. The molecule has 6 aromatic rings. The Hall–Kier alpha value is -4.89. The second-order valence-electron chi connectivity index (χ2n) is 13.9. The second-order valence-corrected chi connectivity index (χ2v) is 13.9. The Morgan fingerprint density at radius 3 is 2.57 bits per heavy atom. The number of hydrogen-bond donors (Lipinski definition) is 2. The number of likely N-dealkylation sites (tertiary alicyclic amines) is 1. The highest BCUT2D eigenvalue weighted by Gasteiger charge is 2.47. The number of nitrogens with one attached hydrogen (secondary N) is 1. The van der Waals surface area contributed by atoms with Crippen LogP contribution in [0.3, 0.4) is 0 Å². The van der Waals surface area contributed by atoms with Crippen molar-refractivity contribution in [2.75, 3.05) is 13.7 Å². The number of ether oxygens (including phenoxy) is 1. The monoisotopic (exact) mass is 626 g/mol. The topological polar surface area (TPSA) is 111 Å². The summed E-state index contributed by atoms with van der Waals surface area (Å²) in [5.41, 5.74) is 14.8. The van der Waals surface area contributed by atoms with E-state index in [-0.39, 0.29) is 23.6 Å². The zero-order valence-electron chi connectivity index (χ0n) is 26.9. The fourth-order valence-corrected chi connectivity index (χ4v) is 8.24. The summed E-state index contributed by atoms with van der Waals surface area (Å²) in [6.07, 6.45) is 4.52. The van der Waals surface area contributed by atoms with Crippen LogP contribution in [0.25, 0.3) is 55.5 Å². The first kappa shape index (κ1) is 28.3. The highest BCUT2D eigenvalue weighted by atomic mass is 16.5. The summed E-state index contributed by atoms with van der Waals surface area (Å²) in [6.45, 7) is 3.62. The van der Waals surface area contributed by atoms with E-state index < -0.39 is 0 Å². The summed E-state index contributed by atoms with van der Waals surface area (Å²) in [6, 6.07) is 20.7. The summed E-state index contributed by atoms with van der Waals surface area (Å²) >= 11 is 0. The lowest BCUT2D eigenvalue weighted by molar-refractivity contribution is 0.0700. The first-order valence-corrected chi connectivity index (χ1v) is 16.7. The van der Waals surface area contributed by atoms with Crippen molar-refractivity contribution < 1.29 is 9.53 Å². The first-order chi connectivity index (χ1) is 22.8. The zero-order chi connectivity index (χ0) is 32.1. The predicted octanol–water partition coefficient (Wildman–Crippen LogP) is 5.99. The van der Waals surface area contributed by atoms with Crippen molar-refractivity contribution in [3.05, 3.63) is 82.1 Å². The van der Waals surface area contributed by atoms with Gasteiger partial charge in [0.05, 0.1) is 18.3 Å². The zero-order valence-corrected chi connectivity index (χ0v) is 26.9. The predicted molar refractivity (Wildman–Crippen MR) is 185 cm³/mol. The number of imidazole rings is 1. The van der Waals surface area contributed by atoms with Gasteiger partial charge in [0.15, 0.2) is 5.82 Å². The lowest BCUT2D eigenvalue weighted by Gasteiger charge is -2.27. The molecular formula is C38H38N6O3. The number of aromatic nitrogens is 4. The molecule has 9 heteroatoms. The largest absolute Gasteiger partial charge is 0.494 e. The maximum absolute atomic E-state index is 13.8. The second kappa shape index (κ2) is 10.3. The van der Waals surface area contributed by atoms with Crippen molar-refractivity contribution in [2.24, 2.45) is 24.6 Å². The first-order valence-electron chi connectivity index (χ1n) is 16.7. The number of aryl methyl sites for hydroxylation is 2. The molecule has 3 aromatic heterocycles. The van der Waals surface area contributed by atoms with Crippen LogP contribution in [-0.2, 0) is 13.6 Å². The van der Waals surface area contributed by atoms with Gasteiger partial charge in [-0.25, -0.2) is 4.98 Å². The van der Waals surface area contributed by atoms with Crippen LogP contribution >= 0.6 is 0 Å². The normalized spacial score (nSPS) is 20.7. The Morgan fingerprint density at radius 2 is 1.83 bits per heavy atom. The number of piperidine rings is 1. The van der Waals surface area contributed by atoms with Crippen LogP contribution in [0.5, 0.6) is 5.75 Å². The van der Waals surface area contributed by atoms with Crippen molar-refractivity contribution in [1.29, 1.82) is 0 Å². The third-order valence-electron chi connectivity index (χ3n) is 11.0. The molecule has 47 heavy (non-hydrogen) atoms. The van der Waals surface area contributed by atoms with E-state index in [1.165, 1.54) is 12.8 Å². The van der Waals surface area contributed by atoms with E-state index >= 15 is 0 Å². The van der Waals surface area contributed by atoms with Gasteiger partial charge in [-0.05, 0) is 97.5 Å². The number of benzene rings is 3. The van der Waals surface area contributed by atoms with Gasteiger partial charge in [-0.15, -0.1) is 0 Å². The number of amides is 1. The number of H-pyrrole nitrogens is 1. The number of rotatable bonds is 6. The van der Waals surface area contributed by atoms with E-state index in [0.29, 0.717) is 23.1 Å². The average molecular weight is 627 g/mol. The molecule has 9 rings (SSSR count). The van der Waals surface area contributed by atoms with E-state index in [1.54, 1.807) is 13.2 Å². The lowest BCUT2D eigenvalue weighted by Crippen LogP contribution is -2.41. The van der Waals surface area contributed by atoms with Gasteiger partial charge in [-0.3, -0.25) is 9.59 Å². The molecular weight excluding hydrogens is 588 g/mol. The van der Waals surface area contributed by atoms with Crippen LogP contribution in [0.15, 0.2) is 65.5 Å². The van der Waals surface area contributed by atoms with Gasteiger partial charge in [0, 0.05) is 65.7 Å². The molecule has 3 aliphatic rings. The fraction of sp³-hybridized carbons (Fsp3) is 0.342. The minimum Gasteiger partial charge on any atom is -0.494 e. The van der Waals surface area contributed by atoms with E-state index in [0.717, 1.165) is 87.0 Å². The Kier molecular flexibility index (Phi) is 6.21. The molecule has 1 saturated heterocycles. The Bertz CT molecular complexity index is 2330. The molecule has 2 aliphatic carbocycles. The molecule has 1 aliphatic heterocycles. The minimum absolute atomic E-state index is 0.00525. The smallest absolute Gasteiger partial charge is 0.254 e. The van der Waals surface area contributed by atoms with Gasteiger partial charge in [0.2, 0.25) is 5.56 Å². The van der Waals surface area contributed by atoms with E-state index in [9.17, 15) is 9.59 Å². The maximum Gasteiger partial charge on any atom is 0.254 e. The van der Waals surface area contributed by atoms with Gasteiger partial charge >= 0.3 is 0 Å². The molecule has 4 heterocycles. The van der Waals surface area contributed by atoms with E-state index in [1.807, 2.05) is 37.1 Å². The van der Waals surface area contributed by atoms with Crippen LogP contribution in [0, 0.1) is 18.8 Å². The summed E-state index contributed by atoms with van der Waals surface area (Å²) in [5, 5.41) is 2.20. The number of nitrogens with zero attached hydrogens (tertiary/aromatic N) is 4. The quantitative estimate of drug-likeness (QED) is 0.236. The molecule has 2 bridgehead atoms. The van der Waals surface area contributed by atoms with E-state index in [4.69, 9.17) is 15.5 Å². The van der Waals surface area contributed by atoms with Crippen molar-refractivity contribution in [1.82, 2.24) is 24.0 Å². The highest BCUT2D eigenvalue weighted by molar-refractivity contribution is 6.01. The van der Waals surface area contributed by atoms with Crippen LogP contribution < -0.4 is 16.0 Å². The van der Waals surface area contributed by atoms with Crippen LogP contribution in [0.4, 0.5) is 0 Å². The maximum atomic E-state index is 13.8. The summed E-state index contributed by atoms with van der Waals surface area (Å²) in [7, 11) is 3.68. The Balaban J connectivity index is 1.15. The summed E-state index contributed by atoms with van der Waals surface area (Å²) < 4.78 is 10.4. The molecule has 238 valence electrons. The van der Waals surface area contributed by atoms with Crippen molar-refractivity contribution in [2.45, 2.75) is 51.2 Å². The van der Waals surface area contributed by atoms with Gasteiger partial charge in [0.1, 0.15) is 11.3 Å². The molecule has 3 fully saturated rings. The molecule has 1 amide bonds. The van der Waals surface area contributed by atoms with Crippen LogP contribution in [-0.4, -0.2) is 55.6 Å². The molecule has 9 nitrogen and oxygen atoms in total. The molecule has 0 radical (unpaired) electrons. The third kappa shape index (κ3) is 4.43. The molecule has 2 saturated carbocycles.